The van der Waals surface area contributed by atoms with Crippen LogP contribution in [0.15, 0.2) is 17.0 Å². The molecule has 2 N–H and O–H groups in total. The molecule has 0 spiro atoms. The van der Waals surface area contributed by atoms with Gasteiger partial charge in [0.1, 0.15) is 5.56 Å². The number of carbonyl (C=O) groups is 1. The normalized spacial score (nSPS) is 11.1. The van der Waals surface area contributed by atoms with Crippen LogP contribution in [0.5, 0.6) is 0 Å². The molecule has 0 radical (unpaired) electrons. The fourth-order valence-corrected chi connectivity index (χ4v) is 2.06. The molecule has 0 aliphatic carbocycles. The number of carbonyl (C=O) groups excluding carboxylic acids is 1. The third kappa shape index (κ3) is 2.23. The second-order valence-electron chi connectivity index (χ2n) is 3.12. The van der Waals surface area contributed by atoms with Gasteiger partial charge in [-0.25, -0.2) is 13.6 Å². The van der Waals surface area contributed by atoms with Gasteiger partial charge < -0.3 is 0 Å². The highest BCUT2D eigenvalue weighted by atomic mass is 32.2. The molecule has 0 aliphatic rings. The zero-order chi connectivity index (χ0) is 12.5. The van der Waals surface area contributed by atoms with Crippen LogP contribution in [0.4, 0.5) is 5.69 Å². The Morgan fingerprint density at radius 3 is 2.38 bits per heavy atom. The van der Waals surface area contributed by atoms with Crippen molar-refractivity contribution in [1.82, 2.24) is 0 Å². The predicted octanol–water partition coefficient (Wildman–Crippen LogP) is 0.363. The molecule has 0 aliphatic heterocycles. The number of nitro benzene ring substituents is 1. The smallest absolute Gasteiger partial charge is 0.281 e. The Morgan fingerprint density at radius 1 is 1.44 bits per heavy atom. The molecule has 0 saturated heterocycles. The van der Waals surface area contributed by atoms with E-state index in [-0.39, 0.29) is 6.29 Å². The van der Waals surface area contributed by atoms with Gasteiger partial charge in [0.2, 0.25) is 10.0 Å². The van der Waals surface area contributed by atoms with Gasteiger partial charge in [-0.3, -0.25) is 14.9 Å². The summed E-state index contributed by atoms with van der Waals surface area (Å²) in [7, 11) is -4.16. The fourth-order valence-electron chi connectivity index (χ4n) is 1.25. The van der Waals surface area contributed by atoms with Crippen molar-refractivity contribution in [1.29, 1.82) is 0 Å². The first-order valence-corrected chi connectivity index (χ1v) is 5.59. The number of aldehydes is 1. The predicted molar refractivity (Wildman–Crippen MR) is 54.6 cm³/mol. The van der Waals surface area contributed by atoms with E-state index in [0.29, 0.717) is 5.56 Å². The van der Waals surface area contributed by atoms with Gasteiger partial charge in [0.05, 0.1) is 9.82 Å². The van der Waals surface area contributed by atoms with Crippen LogP contribution < -0.4 is 5.14 Å². The van der Waals surface area contributed by atoms with E-state index in [1.807, 2.05) is 0 Å². The lowest BCUT2D eigenvalue weighted by atomic mass is 10.1. The Hall–Kier alpha value is -1.80. The van der Waals surface area contributed by atoms with Crippen LogP contribution >= 0.6 is 0 Å². The minimum atomic E-state index is -4.16. The molecule has 16 heavy (non-hydrogen) atoms. The fraction of sp³-hybridized carbons (Fsp3) is 0.125. The summed E-state index contributed by atoms with van der Waals surface area (Å²) in [4.78, 5) is 19.9. The van der Waals surface area contributed by atoms with E-state index >= 15 is 0 Å². The van der Waals surface area contributed by atoms with Crippen LogP contribution in [0.2, 0.25) is 0 Å². The Kier molecular flexibility index (Phi) is 3.06. The molecule has 1 aromatic carbocycles. The number of sulfonamides is 1. The number of nitro groups is 1. The molecule has 0 unspecified atom stereocenters. The summed E-state index contributed by atoms with van der Waals surface area (Å²) in [6.45, 7) is 1.47. The molecule has 1 rings (SSSR count). The number of nitrogens with zero attached hydrogens (tertiary/aromatic N) is 1. The number of rotatable bonds is 3. The van der Waals surface area contributed by atoms with Gasteiger partial charge >= 0.3 is 0 Å². The summed E-state index contributed by atoms with van der Waals surface area (Å²) >= 11 is 0. The monoisotopic (exact) mass is 244 g/mol. The van der Waals surface area contributed by atoms with Gasteiger partial charge in [-0.1, -0.05) is 0 Å². The van der Waals surface area contributed by atoms with E-state index in [1.165, 1.54) is 6.92 Å². The molecule has 8 heteroatoms. The highest BCUT2D eigenvalue weighted by Gasteiger charge is 2.23. The molecule has 0 saturated carbocycles. The lowest BCUT2D eigenvalue weighted by molar-refractivity contribution is -0.385. The summed E-state index contributed by atoms with van der Waals surface area (Å²) in [5.41, 5.74) is -0.765. The van der Waals surface area contributed by atoms with Crippen molar-refractivity contribution >= 4 is 22.0 Å². The summed E-state index contributed by atoms with van der Waals surface area (Å²) in [6.07, 6.45) is 0.108. The van der Waals surface area contributed by atoms with Crippen molar-refractivity contribution in [2.45, 2.75) is 11.8 Å². The van der Waals surface area contributed by atoms with Gasteiger partial charge in [0.25, 0.3) is 5.69 Å². The van der Waals surface area contributed by atoms with Crippen LogP contribution in [-0.4, -0.2) is 19.6 Å². The van der Waals surface area contributed by atoms with E-state index in [9.17, 15) is 23.3 Å². The first-order chi connectivity index (χ1) is 7.27. The van der Waals surface area contributed by atoms with Crippen LogP contribution in [-0.2, 0) is 10.0 Å². The molecule has 7 nitrogen and oxygen atoms in total. The second kappa shape index (κ2) is 3.99. The SMILES string of the molecule is Cc1cc([N+](=O)[O-])c(C=O)c(S(N)(=O)=O)c1. The van der Waals surface area contributed by atoms with E-state index < -0.39 is 31.1 Å². The van der Waals surface area contributed by atoms with Crippen molar-refractivity contribution in [3.05, 3.63) is 33.4 Å². The van der Waals surface area contributed by atoms with Crippen LogP contribution in [0.25, 0.3) is 0 Å². The van der Waals surface area contributed by atoms with Crippen LogP contribution in [0.1, 0.15) is 15.9 Å². The molecule has 0 bridgehead atoms. The number of hydrogen-bond donors (Lipinski definition) is 1. The maximum Gasteiger partial charge on any atom is 0.281 e. The number of nitrogens with two attached hydrogens (primary N) is 1. The van der Waals surface area contributed by atoms with Gasteiger partial charge in [-0.2, -0.15) is 0 Å². The van der Waals surface area contributed by atoms with Crippen molar-refractivity contribution in [2.75, 3.05) is 0 Å². The largest absolute Gasteiger partial charge is 0.298 e. The standard InChI is InChI=1S/C8H8N2O5S/c1-5-2-7(10(12)13)6(4-11)8(3-5)16(9,14)15/h2-4H,1H3,(H2,9,14,15). The minimum Gasteiger partial charge on any atom is -0.298 e. The zero-order valence-electron chi connectivity index (χ0n) is 8.21. The lowest BCUT2D eigenvalue weighted by Gasteiger charge is -2.04. The average Bonchev–Trinajstić information content (AvgIpc) is 2.14. The lowest BCUT2D eigenvalue weighted by Crippen LogP contribution is -2.15. The Labute approximate surface area is 91.1 Å². The topological polar surface area (TPSA) is 120 Å². The number of hydrogen-bond acceptors (Lipinski definition) is 5. The Morgan fingerprint density at radius 2 is 2.00 bits per heavy atom. The summed E-state index contributed by atoms with van der Waals surface area (Å²) in [5, 5.41) is 15.5. The van der Waals surface area contributed by atoms with Gasteiger partial charge in [0, 0.05) is 6.07 Å². The van der Waals surface area contributed by atoms with Crippen LogP contribution in [0.3, 0.4) is 0 Å². The molecule has 0 aromatic heterocycles. The maximum absolute atomic E-state index is 11.1. The van der Waals surface area contributed by atoms with E-state index in [4.69, 9.17) is 5.14 Å². The molecule has 0 atom stereocenters. The first kappa shape index (κ1) is 12.3. The number of aryl methyl sites for hydroxylation is 1. The first-order valence-electron chi connectivity index (χ1n) is 4.04. The van der Waals surface area contributed by atoms with Crippen molar-refractivity contribution in [3.63, 3.8) is 0 Å². The van der Waals surface area contributed by atoms with E-state index in [0.717, 1.165) is 12.1 Å². The summed E-state index contributed by atoms with van der Waals surface area (Å²) in [6, 6.07) is 2.23. The summed E-state index contributed by atoms with van der Waals surface area (Å²) in [5.74, 6) is 0. The third-order valence-corrected chi connectivity index (χ3v) is 2.84. The molecular weight excluding hydrogens is 236 g/mol. The molecular formula is C8H8N2O5S. The average molecular weight is 244 g/mol. The number of benzene rings is 1. The maximum atomic E-state index is 11.1. The van der Waals surface area contributed by atoms with Crippen molar-refractivity contribution in [3.8, 4) is 0 Å². The Bertz CT molecular complexity index is 564. The van der Waals surface area contributed by atoms with Crippen molar-refractivity contribution < 1.29 is 18.1 Å². The van der Waals surface area contributed by atoms with Gasteiger partial charge in [-0.05, 0) is 18.6 Å². The number of primary sulfonamides is 1. The quantitative estimate of drug-likeness (QED) is 0.467. The zero-order valence-corrected chi connectivity index (χ0v) is 9.02. The second-order valence-corrected chi connectivity index (χ2v) is 4.65. The molecule has 1 aromatic rings. The summed E-state index contributed by atoms with van der Waals surface area (Å²) < 4.78 is 22.3. The van der Waals surface area contributed by atoms with Gasteiger partial charge in [0.15, 0.2) is 6.29 Å². The molecule has 0 amide bonds. The molecule has 0 fully saturated rings. The van der Waals surface area contributed by atoms with Crippen molar-refractivity contribution in [2.24, 2.45) is 5.14 Å². The van der Waals surface area contributed by atoms with E-state index in [2.05, 4.69) is 0 Å². The highest BCUT2D eigenvalue weighted by Crippen LogP contribution is 2.25. The molecule has 86 valence electrons. The highest BCUT2D eigenvalue weighted by molar-refractivity contribution is 7.89. The van der Waals surface area contributed by atoms with E-state index in [1.54, 1.807) is 0 Å². The minimum absolute atomic E-state index is 0.108. The third-order valence-electron chi connectivity index (χ3n) is 1.89. The Balaban J connectivity index is 3.75. The van der Waals surface area contributed by atoms with Gasteiger partial charge in [-0.15, -0.1) is 0 Å². The van der Waals surface area contributed by atoms with Crippen LogP contribution in [0, 0.1) is 17.0 Å². The molecule has 0 heterocycles.